The molecule has 0 aromatic heterocycles. The summed E-state index contributed by atoms with van der Waals surface area (Å²) in [4.78, 5) is 50.3. The molecule has 3 aliphatic heterocycles. The summed E-state index contributed by atoms with van der Waals surface area (Å²) in [5, 5.41) is 21.5. The number of hydrazone groups is 1. The lowest BCUT2D eigenvalue weighted by atomic mass is 10.0. The minimum atomic E-state index is -1.26. The van der Waals surface area contributed by atoms with Crippen molar-refractivity contribution in [2.75, 3.05) is 59.5 Å². The van der Waals surface area contributed by atoms with Crippen molar-refractivity contribution in [2.45, 2.75) is 19.8 Å². The number of nitrogens with zero attached hydrogens (tertiary/aromatic N) is 5. The SMILES string of the molecule is Cc1ccc2c(c1)/C(=N/N1CC(=O)N(CCCN3CCN(C)CC3)C1=O)CCO2.O=C(O)/C=C/C(=O)O. The molecule has 0 aliphatic carbocycles. The number of carboxylic acids is 2. The third-order valence-corrected chi connectivity index (χ3v) is 6.14. The Bertz CT molecular complexity index is 1060. The van der Waals surface area contributed by atoms with Gasteiger partial charge in [-0.25, -0.2) is 19.4 Å². The molecule has 0 unspecified atom stereocenters. The van der Waals surface area contributed by atoms with Crippen molar-refractivity contribution in [3.63, 3.8) is 0 Å². The number of rotatable bonds is 7. The molecule has 200 valence electrons. The van der Waals surface area contributed by atoms with Gasteiger partial charge in [0.1, 0.15) is 12.3 Å². The number of hydrogen-bond acceptors (Lipinski definition) is 8. The summed E-state index contributed by atoms with van der Waals surface area (Å²) in [5.74, 6) is -1.91. The highest BCUT2D eigenvalue weighted by Gasteiger charge is 2.36. The Balaban J connectivity index is 0.000000414. The van der Waals surface area contributed by atoms with Gasteiger partial charge in [0.25, 0.3) is 5.91 Å². The molecule has 0 atom stereocenters. The predicted octanol–water partition coefficient (Wildman–Crippen LogP) is 1.10. The number of urea groups is 1. The molecule has 2 N–H and O–H groups in total. The number of ether oxygens (including phenoxy) is 1. The zero-order valence-electron chi connectivity index (χ0n) is 21.1. The summed E-state index contributed by atoms with van der Waals surface area (Å²) >= 11 is 0. The van der Waals surface area contributed by atoms with Crippen molar-refractivity contribution in [2.24, 2.45) is 5.10 Å². The first-order valence-electron chi connectivity index (χ1n) is 12.1. The smallest absolute Gasteiger partial charge is 0.347 e. The average molecular weight is 516 g/mol. The number of aryl methyl sites for hydroxylation is 1. The second-order valence-electron chi connectivity index (χ2n) is 9.04. The van der Waals surface area contributed by atoms with Crippen LogP contribution in [0.3, 0.4) is 0 Å². The number of carbonyl (C=O) groups excluding carboxylic acids is 2. The van der Waals surface area contributed by atoms with Crippen LogP contribution in [0.1, 0.15) is 24.0 Å². The van der Waals surface area contributed by atoms with Gasteiger partial charge >= 0.3 is 18.0 Å². The summed E-state index contributed by atoms with van der Waals surface area (Å²) < 4.78 is 5.69. The second-order valence-corrected chi connectivity index (χ2v) is 9.04. The van der Waals surface area contributed by atoms with Gasteiger partial charge in [-0.05, 0) is 39.1 Å². The fourth-order valence-electron chi connectivity index (χ4n) is 4.13. The molecule has 12 heteroatoms. The molecule has 0 radical (unpaired) electrons. The molecule has 12 nitrogen and oxygen atoms in total. The van der Waals surface area contributed by atoms with Gasteiger partial charge in [0.05, 0.1) is 12.3 Å². The number of carbonyl (C=O) groups is 4. The molecule has 1 aromatic rings. The zero-order chi connectivity index (χ0) is 26.9. The molecule has 3 aliphatic rings. The van der Waals surface area contributed by atoms with E-state index in [-0.39, 0.29) is 18.5 Å². The summed E-state index contributed by atoms with van der Waals surface area (Å²) in [6.07, 6.45) is 2.53. The van der Waals surface area contributed by atoms with E-state index in [4.69, 9.17) is 14.9 Å². The summed E-state index contributed by atoms with van der Waals surface area (Å²) in [7, 11) is 2.13. The van der Waals surface area contributed by atoms with Gasteiger partial charge in [-0.15, -0.1) is 0 Å². The Morgan fingerprint density at radius 3 is 2.38 bits per heavy atom. The molecular weight excluding hydrogens is 482 g/mol. The lowest BCUT2D eigenvalue weighted by Gasteiger charge is -2.32. The number of piperazine rings is 1. The van der Waals surface area contributed by atoms with E-state index in [1.165, 1.54) is 9.91 Å². The van der Waals surface area contributed by atoms with E-state index in [2.05, 4.69) is 21.9 Å². The van der Waals surface area contributed by atoms with Crippen molar-refractivity contribution in [1.82, 2.24) is 19.7 Å². The minimum absolute atomic E-state index is 0.0127. The quantitative estimate of drug-likeness (QED) is 0.403. The van der Waals surface area contributed by atoms with Crippen molar-refractivity contribution >= 4 is 29.6 Å². The average Bonchev–Trinajstić information content (AvgIpc) is 3.12. The van der Waals surface area contributed by atoms with Gasteiger partial charge in [0.2, 0.25) is 0 Å². The molecule has 0 saturated carbocycles. The van der Waals surface area contributed by atoms with Crippen LogP contribution >= 0.6 is 0 Å². The van der Waals surface area contributed by atoms with E-state index in [1.54, 1.807) is 0 Å². The lowest BCUT2D eigenvalue weighted by Crippen LogP contribution is -2.45. The normalized spacial score (nSPS) is 19.6. The predicted molar refractivity (Wildman–Crippen MR) is 135 cm³/mol. The molecule has 2 saturated heterocycles. The lowest BCUT2D eigenvalue weighted by molar-refractivity contribution is -0.134. The largest absolute Gasteiger partial charge is 0.492 e. The Morgan fingerprint density at radius 2 is 1.73 bits per heavy atom. The number of likely N-dealkylation sites (N-methyl/N-ethyl adjacent to an activating group) is 1. The molecule has 1 aromatic carbocycles. The number of imide groups is 1. The molecule has 3 amide bonds. The molecule has 0 bridgehead atoms. The number of hydrogen-bond donors (Lipinski definition) is 2. The van der Waals surface area contributed by atoms with Crippen LogP contribution in [0.25, 0.3) is 0 Å². The van der Waals surface area contributed by atoms with Gasteiger partial charge in [0.15, 0.2) is 0 Å². The Hall–Kier alpha value is -3.77. The molecule has 4 rings (SSSR count). The maximum Gasteiger partial charge on any atom is 0.347 e. The number of benzene rings is 1. The van der Waals surface area contributed by atoms with Crippen LogP contribution in [0.4, 0.5) is 4.79 Å². The fourth-order valence-corrected chi connectivity index (χ4v) is 4.13. The Morgan fingerprint density at radius 1 is 1.05 bits per heavy atom. The van der Waals surface area contributed by atoms with E-state index >= 15 is 0 Å². The highest BCUT2D eigenvalue weighted by molar-refractivity contribution is 6.06. The van der Waals surface area contributed by atoms with Crippen molar-refractivity contribution in [3.05, 3.63) is 41.5 Å². The van der Waals surface area contributed by atoms with Crippen LogP contribution in [0.5, 0.6) is 5.75 Å². The van der Waals surface area contributed by atoms with Crippen molar-refractivity contribution < 1.29 is 34.1 Å². The number of carboxylic acid groups (broad SMARTS) is 2. The third-order valence-electron chi connectivity index (χ3n) is 6.14. The minimum Gasteiger partial charge on any atom is -0.492 e. The first-order valence-corrected chi connectivity index (χ1v) is 12.1. The summed E-state index contributed by atoms with van der Waals surface area (Å²) in [6, 6.07) is 5.63. The van der Waals surface area contributed by atoms with Gasteiger partial charge < -0.3 is 24.7 Å². The third kappa shape index (κ3) is 8.12. The van der Waals surface area contributed by atoms with Crippen LogP contribution in [0.15, 0.2) is 35.5 Å². The van der Waals surface area contributed by atoms with Crippen molar-refractivity contribution in [3.8, 4) is 5.75 Å². The number of aliphatic carboxylic acids is 2. The number of fused-ring (bicyclic) bond motifs is 1. The zero-order valence-corrected chi connectivity index (χ0v) is 21.1. The first-order chi connectivity index (χ1) is 17.6. The van der Waals surface area contributed by atoms with E-state index < -0.39 is 11.9 Å². The molecule has 37 heavy (non-hydrogen) atoms. The first kappa shape index (κ1) is 27.8. The fraction of sp³-hybridized carbons (Fsp3) is 0.480. The van der Waals surface area contributed by atoms with Crippen LogP contribution in [-0.4, -0.2) is 119 Å². The standard InChI is InChI=1S/C21H29N5O3.C4H4O4/c1-16-4-5-19-17(14-16)18(6-13-29-19)22-26-15-20(27)25(21(26)28)8-3-7-24-11-9-23(2)10-12-24;5-3(6)1-2-4(7)8/h4-5,14H,3,6-13,15H2,1-2H3;1-2H,(H,5,6)(H,7,8)/b22-18+;2-1+. The Labute approximate surface area is 215 Å². The molecule has 2 fully saturated rings. The van der Waals surface area contributed by atoms with Gasteiger partial charge in [-0.3, -0.25) is 9.69 Å². The van der Waals surface area contributed by atoms with Crippen molar-refractivity contribution in [1.29, 1.82) is 0 Å². The van der Waals surface area contributed by atoms with E-state index in [0.29, 0.717) is 31.7 Å². The topological polar surface area (TPSA) is 143 Å². The van der Waals surface area contributed by atoms with Gasteiger partial charge in [-0.2, -0.15) is 5.10 Å². The van der Waals surface area contributed by atoms with Gasteiger partial charge in [-0.1, -0.05) is 11.6 Å². The molecule has 3 heterocycles. The second kappa shape index (κ2) is 13.0. The van der Waals surface area contributed by atoms with Crippen LogP contribution in [0.2, 0.25) is 0 Å². The van der Waals surface area contributed by atoms with E-state index in [1.807, 2.05) is 25.1 Å². The maximum absolute atomic E-state index is 12.8. The Kier molecular flexibility index (Phi) is 9.75. The highest BCUT2D eigenvalue weighted by Crippen LogP contribution is 2.27. The van der Waals surface area contributed by atoms with Crippen LogP contribution in [-0.2, 0) is 14.4 Å². The van der Waals surface area contributed by atoms with E-state index in [0.717, 1.165) is 61.7 Å². The number of amides is 3. The van der Waals surface area contributed by atoms with Crippen LogP contribution in [0, 0.1) is 6.92 Å². The summed E-state index contributed by atoms with van der Waals surface area (Å²) in [5.41, 5.74) is 2.82. The maximum atomic E-state index is 12.8. The highest BCUT2D eigenvalue weighted by atomic mass is 16.5. The van der Waals surface area contributed by atoms with Gasteiger partial charge in [0, 0.05) is 56.9 Å². The summed E-state index contributed by atoms with van der Waals surface area (Å²) in [6.45, 7) is 8.12. The van der Waals surface area contributed by atoms with Crippen LogP contribution < -0.4 is 4.74 Å². The monoisotopic (exact) mass is 515 g/mol. The molecule has 0 spiro atoms. The van der Waals surface area contributed by atoms with E-state index in [9.17, 15) is 19.2 Å². The molecular formula is C25H33N5O7.